The van der Waals surface area contributed by atoms with Crippen LogP contribution in [-0.2, 0) is 6.54 Å². The van der Waals surface area contributed by atoms with Crippen LogP contribution in [0.5, 0.6) is 0 Å². The van der Waals surface area contributed by atoms with Crippen LogP contribution in [0.15, 0.2) is 52.2 Å². The summed E-state index contributed by atoms with van der Waals surface area (Å²) in [6, 6.07) is 10.5. The number of benzene rings is 1. The fourth-order valence-electron chi connectivity index (χ4n) is 4.54. The molecule has 3 aromatic heterocycles. The van der Waals surface area contributed by atoms with Gasteiger partial charge in [-0.1, -0.05) is 23.4 Å². The number of anilines is 1. The summed E-state index contributed by atoms with van der Waals surface area (Å²) in [6.07, 6.45) is 3.08. The van der Waals surface area contributed by atoms with Gasteiger partial charge in [0.2, 0.25) is 5.89 Å². The van der Waals surface area contributed by atoms with Gasteiger partial charge in [0.15, 0.2) is 11.3 Å². The summed E-state index contributed by atoms with van der Waals surface area (Å²) in [5.74, 6) is 2.66. The maximum Gasteiger partial charge on any atom is 0.280 e. The molecule has 0 radical (unpaired) electrons. The molecule has 0 spiro atoms. The minimum atomic E-state index is -0.170. The molecule has 2 fully saturated rings. The topological polar surface area (TPSA) is 94.4 Å². The lowest BCUT2D eigenvalue weighted by Gasteiger charge is -2.21. The number of aromatic nitrogens is 6. The Morgan fingerprint density at radius 3 is 2.72 bits per heavy atom. The highest BCUT2D eigenvalue weighted by Gasteiger charge is 2.58. The van der Waals surface area contributed by atoms with E-state index < -0.39 is 0 Å². The van der Waals surface area contributed by atoms with Crippen LogP contribution in [0.1, 0.15) is 23.2 Å². The lowest BCUT2D eigenvalue weighted by Crippen LogP contribution is -2.24. The fourth-order valence-corrected chi connectivity index (χ4v) is 4.54. The van der Waals surface area contributed by atoms with Crippen LogP contribution in [0.3, 0.4) is 0 Å². The second-order valence-electron chi connectivity index (χ2n) is 7.87. The third kappa shape index (κ3) is 2.57. The van der Waals surface area contributed by atoms with E-state index in [1.807, 2.05) is 13.0 Å². The third-order valence-electron chi connectivity index (χ3n) is 6.10. The highest BCUT2D eigenvalue weighted by Crippen LogP contribution is 2.57. The van der Waals surface area contributed by atoms with Crippen LogP contribution in [0, 0.1) is 18.8 Å². The number of piperidine rings is 1. The minimum Gasteiger partial charge on any atom is -0.371 e. The number of nitrogens with zero attached hydrogens (tertiary/aromatic N) is 7. The maximum atomic E-state index is 12.7. The van der Waals surface area contributed by atoms with E-state index in [4.69, 9.17) is 4.52 Å². The molecular formula is C20H19N7O2. The Kier molecular flexibility index (Phi) is 3.41. The van der Waals surface area contributed by atoms with E-state index in [0.29, 0.717) is 29.2 Å². The number of rotatable bonds is 4. The largest absolute Gasteiger partial charge is 0.371 e. The molecule has 1 saturated carbocycles. The van der Waals surface area contributed by atoms with Gasteiger partial charge in [-0.25, -0.2) is 0 Å². The lowest BCUT2D eigenvalue weighted by atomic mass is 10.2. The first kappa shape index (κ1) is 16.5. The Labute approximate surface area is 165 Å². The molecule has 9 nitrogen and oxygen atoms in total. The lowest BCUT2D eigenvalue weighted by molar-refractivity contribution is 0.363. The van der Waals surface area contributed by atoms with Gasteiger partial charge in [-0.3, -0.25) is 9.36 Å². The van der Waals surface area contributed by atoms with Crippen LogP contribution in [0.4, 0.5) is 5.69 Å². The smallest absolute Gasteiger partial charge is 0.280 e. The van der Waals surface area contributed by atoms with Crippen molar-refractivity contribution in [1.82, 2.24) is 29.5 Å². The Morgan fingerprint density at radius 1 is 1.14 bits per heavy atom. The van der Waals surface area contributed by atoms with Crippen LogP contribution in [0.25, 0.3) is 5.52 Å². The Hall–Kier alpha value is -3.49. The molecule has 29 heavy (non-hydrogen) atoms. The van der Waals surface area contributed by atoms with Crippen molar-refractivity contribution < 1.29 is 4.52 Å². The van der Waals surface area contributed by atoms with E-state index >= 15 is 0 Å². The average Bonchev–Trinajstić information content (AvgIpc) is 3.16. The zero-order chi connectivity index (χ0) is 19.5. The molecule has 4 aromatic rings. The van der Waals surface area contributed by atoms with Crippen molar-refractivity contribution >= 4 is 11.2 Å². The predicted molar refractivity (Wildman–Crippen MR) is 104 cm³/mol. The highest BCUT2D eigenvalue weighted by atomic mass is 16.5. The van der Waals surface area contributed by atoms with E-state index in [9.17, 15) is 4.79 Å². The fraction of sp³-hybridized carbons (Fsp3) is 0.350. The highest BCUT2D eigenvalue weighted by molar-refractivity contribution is 5.50. The van der Waals surface area contributed by atoms with E-state index in [2.05, 4.69) is 49.5 Å². The molecule has 0 unspecified atom stereocenters. The van der Waals surface area contributed by atoms with Crippen LogP contribution >= 0.6 is 0 Å². The van der Waals surface area contributed by atoms with Gasteiger partial charge in [0.25, 0.3) is 5.56 Å². The molecule has 1 aliphatic heterocycles. The monoisotopic (exact) mass is 389 g/mol. The zero-order valence-corrected chi connectivity index (χ0v) is 15.8. The summed E-state index contributed by atoms with van der Waals surface area (Å²) < 4.78 is 8.26. The SMILES string of the molecule is Cc1cnn2ncn(Cc3nc([C@H]4[C@@H]5CN(c6ccccc6)C[C@@H]54)no3)c(=O)c12. The first-order valence-corrected chi connectivity index (χ1v) is 9.71. The molecule has 1 aromatic carbocycles. The molecule has 0 N–H and O–H groups in total. The molecule has 4 heterocycles. The summed E-state index contributed by atoms with van der Waals surface area (Å²) in [5.41, 5.74) is 2.35. The molecule has 0 bridgehead atoms. The minimum absolute atomic E-state index is 0.170. The maximum absolute atomic E-state index is 12.7. The van der Waals surface area contributed by atoms with Crippen molar-refractivity contribution in [2.45, 2.75) is 19.4 Å². The van der Waals surface area contributed by atoms with Crippen molar-refractivity contribution in [2.24, 2.45) is 11.8 Å². The summed E-state index contributed by atoms with van der Waals surface area (Å²) in [6.45, 7) is 4.08. The van der Waals surface area contributed by atoms with Gasteiger partial charge in [0.1, 0.15) is 12.9 Å². The molecule has 1 aliphatic carbocycles. The van der Waals surface area contributed by atoms with Crippen molar-refractivity contribution in [3.63, 3.8) is 0 Å². The van der Waals surface area contributed by atoms with E-state index in [1.54, 1.807) is 6.20 Å². The number of hydrogen-bond donors (Lipinski definition) is 0. The molecule has 1 saturated heterocycles. The zero-order valence-electron chi connectivity index (χ0n) is 15.8. The number of fused-ring (bicyclic) bond motifs is 2. The second-order valence-corrected chi connectivity index (χ2v) is 7.87. The van der Waals surface area contributed by atoms with Crippen molar-refractivity contribution in [3.8, 4) is 0 Å². The van der Waals surface area contributed by atoms with Crippen molar-refractivity contribution in [3.05, 3.63) is 70.5 Å². The van der Waals surface area contributed by atoms with E-state index in [-0.39, 0.29) is 12.1 Å². The second kappa shape index (κ2) is 6.00. The van der Waals surface area contributed by atoms with Gasteiger partial charge < -0.3 is 9.42 Å². The van der Waals surface area contributed by atoms with Crippen molar-refractivity contribution in [2.75, 3.05) is 18.0 Å². The summed E-state index contributed by atoms with van der Waals surface area (Å²) in [7, 11) is 0. The van der Waals surface area contributed by atoms with Gasteiger partial charge in [-0.15, -0.1) is 9.73 Å². The first-order chi connectivity index (χ1) is 14.2. The predicted octanol–water partition coefficient (Wildman–Crippen LogP) is 1.48. The molecule has 3 atom stereocenters. The molecule has 9 heteroatoms. The Balaban J connectivity index is 1.18. The molecule has 0 amide bonds. The normalized spacial score (nSPS) is 22.9. The first-order valence-electron chi connectivity index (χ1n) is 9.71. The van der Waals surface area contributed by atoms with Crippen molar-refractivity contribution in [1.29, 1.82) is 0 Å². The van der Waals surface area contributed by atoms with Gasteiger partial charge in [-0.2, -0.15) is 10.1 Å². The average molecular weight is 389 g/mol. The van der Waals surface area contributed by atoms with Gasteiger partial charge >= 0.3 is 0 Å². The number of hydrogen-bond acceptors (Lipinski definition) is 7. The van der Waals surface area contributed by atoms with Gasteiger partial charge in [0.05, 0.1) is 6.20 Å². The third-order valence-corrected chi connectivity index (χ3v) is 6.10. The van der Waals surface area contributed by atoms with Gasteiger partial charge in [-0.05, 0) is 30.9 Å². The molecular weight excluding hydrogens is 370 g/mol. The van der Waals surface area contributed by atoms with Crippen LogP contribution in [0.2, 0.25) is 0 Å². The van der Waals surface area contributed by atoms with E-state index in [0.717, 1.165) is 24.5 Å². The number of aryl methyl sites for hydroxylation is 1. The summed E-state index contributed by atoms with van der Waals surface area (Å²) >= 11 is 0. The van der Waals surface area contributed by atoms with Crippen LogP contribution < -0.4 is 10.5 Å². The number of para-hydroxylation sites is 1. The Morgan fingerprint density at radius 2 is 1.93 bits per heavy atom. The van der Waals surface area contributed by atoms with Crippen LogP contribution in [-0.4, -0.2) is 42.6 Å². The standard InChI is InChI=1S/C20H19N7O2/c1-12-7-21-27-18(12)20(28)26(11-22-27)10-16-23-19(24-29-16)17-14-8-25(9-15(14)17)13-5-3-2-4-6-13/h2-7,11,14-15,17H,8-10H2,1H3/t14-,15+,17+. The molecule has 146 valence electrons. The van der Waals surface area contributed by atoms with Gasteiger partial charge in [0, 0.05) is 30.3 Å². The summed E-state index contributed by atoms with van der Waals surface area (Å²) in [5, 5.41) is 12.4. The molecule has 2 aliphatic rings. The van der Waals surface area contributed by atoms with E-state index in [1.165, 1.54) is 21.2 Å². The molecule has 6 rings (SSSR count). The summed E-state index contributed by atoms with van der Waals surface area (Å²) in [4.78, 5) is 19.7. The Bertz CT molecular complexity index is 1250. The quantitative estimate of drug-likeness (QED) is 0.522.